The van der Waals surface area contributed by atoms with E-state index in [9.17, 15) is 4.79 Å². The van der Waals surface area contributed by atoms with E-state index >= 15 is 0 Å². The summed E-state index contributed by atoms with van der Waals surface area (Å²) in [6.45, 7) is 9.65. The topological polar surface area (TPSA) is 87.3 Å². The van der Waals surface area contributed by atoms with Crippen LogP contribution in [0, 0.1) is 6.92 Å². The van der Waals surface area contributed by atoms with Crippen molar-refractivity contribution >= 4 is 6.09 Å². The second kappa shape index (κ2) is 8.37. The largest absolute Gasteiger partial charge is 0.444 e. The summed E-state index contributed by atoms with van der Waals surface area (Å²) >= 11 is 0. The number of carbonyl (C=O) groups excluding carboxylic acids is 1. The maximum Gasteiger partial charge on any atom is 0.410 e. The van der Waals surface area contributed by atoms with Crippen LogP contribution in [-0.4, -0.2) is 60.8 Å². The fraction of sp³-hybridized carbons (Fsp3) is 0.714. The number of aryl methyl sites for hydroxylation is 1. The van der Waals surface area contributed by atoms with Crippen LogP contribution in [0.1, 0.15) is 71.0 Å². The minimum absolute atomic E-state index is 0.00189. The van der Waals surface area contributed by atoms with E-state index in [0.717, 1.165) is 55.9 Å². The van der Waals surface area contributed by atoms with Crippen molar-refractivity contribution < 1.29 is 14.3 Å². The molecule has 0 radical (unpaired) electrons. The van der Waals surface area contributed by atoms with Gasteiger partial charge in [-0.2, -0.15) is 10.2 Å². The fourth-order valence-electron chi connectivity index (χ4n) is 4.04. The second-order valence-corrected chi connectivity index (χ2v) is 9.16. The number of hydrogen-bond donors (Lipinski definition) is 0. The Morgan fingerprint density at radius 3 is 2.63 bits per heavy atom. The fourth-order valence-corrected chi connectivity index (χ4v) is 4.04. The molecule has 2 aromatic rings. The first kappa shape index (κ1) is 20.8. The molecule has 164 valence electrons. The van der Waals surface area contributed by atoms with E-state index in [4.69, 9.17) is 9.47 Å². The van der Waals surface area contributed by atoms with E-state index in [1.807, 2.05) is 49.5 Å². The van der Waals surface area contributed by atoms with Crippen LogP contribution in [0.2, 0.25) is 0 Å². The molecule has 1 amide bonds. The van der Waals surface area contributed by atoms with Crippen LogP contribution in [0.15, 0.2) is 12.4 Å². The predicted molar refractivity (Wildman–Crippen MR) is 111 cm³/mol. The molecule has 0 bridgehead atoms. The van der Waals surface area contributed by atoms with Crippen molar-refractivity contribution in [3.8, 4) is 11.4 Å². The molecule has 1 unspecified atom stereocenters. The zero-order valence-electron chi connectivity index (χ0n) is 18.4. The van der Waals surface area contributed by atoms with Crippen LogP contribution in [-0.2, 0) is 9.47 Å². The highest BCUT2D eigenvalue weighted by Crippen LogP contribution is 2.29. The van der Waals surface area contributed by atoms with E-state index in [0.29, 0.717) is 13.1 Å². The van der Waals surface area contributed by atoms with E-state index < -0.39 is 5.60 Å². The van der Waals surface area contributed by atoms with Gasteiger partial charge in [0.2, 0.25) is 0 Å². The summed E-state index contributed by atoms with van der Waals surface area (Å²) < 4.78 is 15.2. The van der Waals surface area contributed by atoms with Crippen molar-refractivity contribution in [1.82, 2.24) is 29.4 Å². The van der Waals surface area contributed by atoms with Gasteiger partial charge in [-0.15, -0.1) is 0 Å². The Kier molecular flexibility index (Phi) is 5.81. The quantitative estimate of drug-likeness (QED) is 0.758. The molecule has 2 fully saturated rings. The van der Waals surface area contributed by atoms with Gasteiger partial charge in [0.1, 0.15) is 17.7 Å². The Hall–Kier alpha value is -2.42. The minimum atomic E-state index is -0.480. The number of ether oxygens (including phenoxy) is 2. The normalized spacial score (nSPS) is 21.1. The van der Waals surface area contributed by atoms with Crippen LogP contribution in [0.5, 0.6) is 0 Å². The third-order valence-corrected chi connectivity index (χ3v) is 5.51. The number of carbonyl (C=O) groups is 1. The third-order valence-electron chi connectivity index (χ3n) is 5.51. The van der Waals surface area contributed by atoms with E-state index in [1.54, 1.807) is 4.90 Å². The van der Waals surface area contributed by atoms with Crippen LogP contribution < -0.4 is 0 Å². The predicted octanol–water partition coefficient (Wildman–Crippen LogP) is 3.72. The van der Waals surface area contributed by atoms with Gasteiger partial charge in [0.05, 0.1) is 17.8 Å². The molecule has 0 aliphatic carbocycles. The van der Waals surface area contributed by atoms with Gasteiger partial charge in [-0.05, 0) is 59.8 Å². The number of amides is 1. The van der Waals surface area contributed by atoms with Crippen molar-refractivity contribution in [2.45, 2.75) is 77.7 Å². The number of rotatable bonds is 3. The molecule has 0 N–H and O–H groups in total. The van der Waals surface area contributed by atoms with Gasteiger partial charge in [0.15, 0.2) is 5.82 Å². The summed E-state index contributed by atoms with van der Waals surface area (Å²) in [5, 5.41) is 9.19. The summed E-state index contributed by atoms with van der Waals surface area (Å²) in [6.07, 6.45) is 8.48. The summed E-state index contributed by atoms with van der Waals surface area (Å²) in [5.74, 6) is 1.56. The number of nitrogens with zero attached hydrogens (tertiary/aromatic N) is 6. The Morgan fingerprint density at radius 1 is 1.20 bits per heavy atom. The van der Waals surface area contributed by atoms with Crippen molar-refractivity contribution in [3.63, 3.8) is 0 Å². The Morgan fingerprint density at radius 2 is 1.97 bits per heavy atom. The first-order valence-electron chi connectivity index (χ1n) is 10.9. The molecule has 30 heavy (non-hydrogen) atoms. The molecule has 4 heterocycles. The lowest BCUT2D eigenvalue weighted by atomic mass is 10.1. The lowest BCUT2D eigenvalue weighted by Crippen LogP contribution is -2.42. The van der Waals surface area contributed by atoms with Gasteiger partial charge in [0.25, 0.3) is 0 Å². The third kappa shape index (κ3) is 4.66. The molecular weight excluding hydrogens is 384 g/mol. The molecule has 1 atom stereocenters. The SMILES string of the molecule is Cc1nc(-c2cnn(C3CCCCO3)c2)n(C2CCN(C(=O)OC(C)(C)C)CC2)n1. The Balaban J connectivity index is 1.46. The highest BCUT2D eigenvalue weighted by atomic mass is 16.6. The number of likely N-dealkylation sites (tertiary alicyclic amines) is 1. The number of piperidine rings is 1. The minimum Gasteiger partial charge on any atom is -0.444 e. The molecule has 2 aromatic heterocycles. The van der Waals surface area contributed by atoms with E-state index in [-0.39, 0.29) is 18.4 Å². The number of hydrogen-bond acceptors (Lipinski definition) is 6. The summed E-state index contributed by atoms with van der Waals surface area (Å²) in [5.41, 5.74) is 0.464. The van der Waals surface area contributed by atoms with Gasteiger partial charge in [-0.3, -0.25) is 0 Å². The monoisotopic (exact) mass is 416 g/mol. The van der Waals surface area contributed by atoms with Gasteiger partial charge in [-0.1, -0.05) is 0 Å². The molecule has 2 aliphatic heterocycles. The van der Waals surface area contributed by atoms with Crippen LogP contribution in [0.4, 0.5) is 4.79 Å². The summed E-state index contributed by atoms with van der Waals surface area (Å²) in [4.78, 5) is 18.8. The zero-order chi connectivity index (χ0) is 21.3. The smallest absolute Gasteiger partial charge is 0.410 e. The average Bonchev–Trinajstić information content (AvgIpc) is 3.34. The summed E-state index contributed by atoms with van der Waals surface area (Å²) in [7, 11) is 0. The Bertz CT molecular complexity index is 870. The van der Waals surface area contributed by atoms with Crippen molar-refractivity contribution in [2.75, 3.05) is 19.7 Å². The summed E-state index contributed by atoms with van der Waals surface area (Å²) in [6, 6.07) is 0.189. The molecule has 0 saturated carbocycles. The molecule has 2 aliphatic rings. The molecule has 2 saturated heterocycles. The molecule has 9 nitrogen and oxygen atoms in total. The van der Waals surface area contributed by atoms with Gasteiger partial charge in [0, 0.05) is 25.9 Å². The molecule has 4 rings (SSSR count). The lowest BCUT2D eigenvalue weighted by Gasteiger charge is -2.33. The van der Waals surface area contributed by atoms with E-state index in [2.05, 4.69) is 15.2 Å². The van der Waals surface area contributed by atoms with Crippen LogP contribution in [0.3, 0.4) is 0 Å². The van der Waals surface area contributed by atoms with Crippen molar-refractivity contribution in [1.29, 1.82) is 0 Å². The highest BCUT2D eigenvalue weighted by Gasteiger charge is 2.30. The van der Waals surface area contributed by atoms with Crippen molar-refractivity contribution in [2.24, 2.45) is 0 Å². The first-order valence-corrected chi connectivity index (χ1v) is 10.9. The zero-order valence-corrected chi connectivity index (χ0v) is 18.4. The van der Waals surface area contributed by atoms with Gasteiger partial charge >= 0.3 is 6.09 Å². The van der Waals surface area contributed by atoms with Crippen LogP contribution >= 0.6 is 0 Å². The average molecular weight is 417 g/mol. The maximum absolute atomic E-state index is 12.3. The maximum atomic E-state index is 12.3. The second-order valence-electron chi connectivity index (χ2n) is 9.16. The molecule has 0 aromatic carbocycles. The standard InChI is InChI=1S/C21H32N6O3/c1-15-23-19(16-13-22-26(14-16)18-7-5-6-12-29-18)27(24-15)17-8-10-25(11-9-17)20(28)30-21(2,3)4/h13-14,17-18H,5-12H2,1-4H3. The number of aromatic nitrogens is 5. The van der Waals surface area contributed by atoms with Crippen LogP contribution in [0.25, 0.3) is 11.4 Å². The van der Waals surface area contributed by atoms with E-state index in [1.165, 1.54) is 0 Å². The highest BCUT2D eigenvalue weighted by molar-refractivity contribution is 5.68. The molecular formula is C21H32N6O3. The molecule has 9 heteroatoms. The van der Waals surface area contributed by atoms with Gasteiger partial charge < -0.3 is 14.4 Å². The Labute approximate surface area is 177 Å². The first-order chi connectivity index (χ1) is 14.3. The van der Waals surface area contributed by atoms with Gasteiger partial charge in [-0.25, -0.2) is 19.1 Å². The van der Waals surface area contributed by atoms with Crippen molar-refractivity contribution in [3.05, 3.63) is 18.2 Å². The molecule has 0 spiro atoms. The lowest BCUT2D eigenvalue weighted by molar-refractivity contribution is -0.0394.